The van der Waals surface area contributed by atoms with E-state index in [1.807, 2.05) is 0 Å². The lowest BCUT2D eigenvalue weighted by Gasteiger charge is -2.18. The number of hydrogen-bond donors (Lipinski definition) is 0. The predicted octanol–water partition coefficient (Wildman–Crippen LogP) is 17.8. The summed E-state index contributed by atoms with van der Waals surface area (Å²) in [5, 5.41) is 0. The lowest BCUT2D eigenvalue weighted by atomic mass is 10.0. The Kier molecular flexibility index (Phi) is 49.3. The summed E-state index contributed by atoms with van der Waals surface area (Å²) >= 11 is 0. The van der Waals surface area contributed by atoms with E-state index in [4.69, 9.17) is 14.2 Å². The summed E-state index contributed by atoms with van der Waals surface area (Å²) in [7, 11) is 0. The minimum absolute atomic E-state index is 0.0659. The molecule has 61 heavy (non-hydrogen) atoms. The number of unbranched alkanes of at least 4 members (excludes halogenated alkanes) is 37. The highest BCUT2D eigenvalue weighted by Gasteiger charge is 2.19. The van der Waals surface area contributed by atoms with Gasteiger partial charge in [0.2, 0.25) is 0 Å². The van der Waals surface area contributed by atoms with Gasteiger partial charge in [0.25, 0.3) is 0 Å². The van der Waals surface area contributed by atoms with Crippen LogP contribution in [0.3, 0.4) is 0 Å². The summed E-state index contributed by atoms with van der Waals surface area (Å²) in [4.78, 5) is 38.0. The van der Waals surface area contributed by atoms with Gasteiger partial charge in [-0.05, 0) is 44.9 Å². The number of carbonyl (C=O) groups excluding carboxylic acids is 3. The molecule has 0 amide bonds. The normalized spacial score (nSPS) is 12.0. The standard InChI is InChI=1S/C55H104O6/c1-4-7-10-13-16-19-22-24-25-26-27-28-29-31-33-36-39-42-45-48-54(57)60-51-52(50-59-53(56)47-44-41-38-35-32-21-18-15-12-9-6-3)61-55(58)49-46-43-40-37-34-30-23-20-17-14-11-8-5-2/h26-27,52H,4-25,28-51H2,1-3H3/b27-26-/t52-/m1/s1. The maximum atomic E-state index is 12.8. The Labute approximate surface area is 380 Å². The molecule has 0 rings (SSSR count). The fourth-order valence-electron chi connectivity index (χ4n) is 8.14. The van der Waals surface area contributed by atoms with Gasteiger partial charge in [0.1, 0.15) is 13.2 Å². The molecule has 0 bridgehead atoms. The molecule has 6 heteroatoms. The molecular weight excluding hydrogens is 757 g/mol. The van der Waals surface area contributed by atoms with Crippen molar-refractivity contribution in [3.05, 3.63) is 12.2 Å². The zero-order chi connectivity index (χ0) is 44.4. The Balaban J connectivity index is 4.27. The van der Waals surface area contributed by atoms with E-state index in [0.717, 1.165) is 57.8 Å². The number of ether oxygens (including phenoxy) is 3. The fraction of sp³-hybridized carbons (Fsp3) is 0.909. The third kappa shape index (κ3) is 49.0. The second-order valence-electron chi connectivity index (χ2n) is 18.5. The van der Waals surface area contributed by atoms with E-state index in [0.29, 0.717) is 19.3 Å². The zero-order valence-electron chi connectivity index (χ0n) is 41.2. The van der Waals surface area contributed by atoms with Gasteiger partial charge in [0.15, 0.2) is 6.10 Å². The van der Waals surface area contributed by atoms with Gasteiger partial charge in [-0.3, -0.25) is 14.4 Å². The average molecular weight is 861 g/mol. The van der Waals surface area contributed by atoms with Crippen molar-refractivity contribution in [3.8, 4) is 0 Å². The van der Waals surface area contributed by atoms with Crippen molar-refractivity contribution in [1.82, 2.24) is 0 Å². The van der Waals surface area contributed by atoms with E-state index < -0.39 is 6.10 Å². The van der Waals surface area contributed by atoms with Crippen LogP contribution in [-0.2, 0) is 28.6 Å². The number of hydrogen-bond acceptors (Lipinski definition) is 6. The van der Waals surface area contributed by atoms with Crippen molar-refractivity contribution < 1.29 is 28.6 Å². The third-order valence-corrected chi connectivity index (χ3v) is 12.3. The highest BCUT2D eigenvalue weighted by molar-refractivity contribution is 5.71. The first-order valence-corrected chi connectivity index (χ1v) is 27.2. The third-order valence-electron chi connectivity index (χ3n) is 12.3. The molecule has 6 nitrogen and oxygen atoms in total. The van der Waals surface area contributed by atoms with Crippen LogP contribution in [0.15, 0.2) is 12.2 Å². The number of carbonyl (C=O) groups is 3. The molecule has 0 spiro atoms. The van der Waals surface area contributed by atoms with Crippen LogP contribution in [0.5, 0.6) is 0 Å². The van der Waals surface area contributed by atoms with Gasteiger partial charge in [-0.15, -0.1) is 0 Å². The first-order chi connectivity index (χ1) is 30.0. The SMILES string of the molecule is CCCCCCCCCC/C=C\CCCCCCCCCC(=O)OC[C@@H](COC(=O)CCCCCCCCCCCCC)OC(=O)CCCCCCCCCCCCCCC. The van der Waals surface area contributed by atoms with Crippen LogP contribution in [0.2, 0.25) is 0 Å². The molecule has 0 saturated heterocycles. The van der Waals surface area contributed by atoms with Crippen molar-refractivity contribution in [1.29, 1.82) is 0 Å². The first-order valence-electron chi connectivity index (χ1n) is 27.2. The van der Waals surface area contributed by atoms with Crippen LogP contribution in [0.4, 0.5) is 0 Å². The maximum absolute atomic E-state index is 12.8. The Morgan fingerprint density at radius 2 is 0.541 bits per heavy atom. The first kappa shape index (κ1) is 59.1. The highest BCUT2D eigenvalue weighted by atomic mass is 16.6. The summed E-state index contributed by atoms with van der Waals surface area (Å²) in [6.07, 6.45) is 56.2. The van der Waals surface area contributed by atoms with Crippen LogP contribution in [0.25, 0.3) is 0 Å². The summed E-state index contributed by atoms with van der Waals surface area (Å²) in [5.41, 5.74) is 0. The smallest absolute Gasteiger partial charge is 0.306 e. The molecule has 0 aliphatic rings. The van der Waals surface area contributed by atoms with Crippen molar-refractivity contribution >= 4 is 17.9 Å². The topological polar surface area (TPSA) is 78.9 Å². The molecule has 0 saturated carbocycles. The number of rotatable bonds is 50. The molecular formula is C55H104O6. The molecule has 0 fully saturated rings. The van der Waals surface area contributed by atoms with Crippen molar-refractivity contribution in [2.24, 2.45) is 0 Å². The van der Waals surface area contributed by atoms with Gasteiger partial charge in [-0.2, -0.15) is 0 Å². The van der Waals surface area contributed by atoms with Crippen LogP contribution < -0.4 is 0 Å². The maximum Gasteiger partial charge on any atom is 0.306 e. The second kappa shape index (κ2) is 50.8. The molecule has 0 heterocycles. The van der Waals surface area contributed by atoms with Crippen LogP contribution in [-0.4, -0.2) is 37.2 Å². The van der Waals surface area contributed by atoms with E-state index >= 15 is 0 Å². The van der Waals surface area contributed by atoms with Gasteiger partial charge >= 0.3 is 17.9 Å². The van der Waals surface area contributed by atoms with Gasteiger partial charge in [0.05, 0.1) is 0 Å². The fourth-order valence-corrected chi connectivity index (χ4v) is 8.14. The lowest BCUT2D eigenvalue weighted by molar-refractivity contribution is -0.167. The largest absolute Gasteiger partial charge is 0.462 e. The summed E-state index contributed by atoms with van der Waals surface area (Å²) < 4.78 is 16.8. The Hall–Kier alpha value is -1.85. The van der Waals surface area contributed by atoms with E-state index in [1.54, 1.807) is 0 Å². The predicted molar refractivity (Wildman–Crippen MR) is 261 cm³/mol. The molecule has 0 radical (unpaired) electrons. The molecule has 0 aliphatic carbocycles. The monoisotopic (exact) mass is 861 g/mol. The molecule has 360 valence electrons. The molecule has 0 N–H and O–H groups in total. The summed E-state index contributed by atoms with van der Waals surface area (Å²) in [6, 6.07) is 0. The Morgan fingerprint density at radius 3 is 0.820 bits per heavy atom. The van der Waals surface area contributed by atoms with Crippen LogP contribution in [0, 0.1) is 0 Å². The second-order valence-corrected chi connectivity index (χ2v) is 18.5. The van der Waals surface area contributed by atoms with E-state index in [1.165, 1.54) is 205 Å². The molecule has 0 aromatic carbocycles. The Bertz CT molecular complexity index is 947. The highest BCUT2D eigenvalue weighted by Crippen LogP contribution is 2.16. The van der Waals surface area contributed by atoms with Crippen molar-refractivity contribution in [3.63, 3.8) is 0 Å². The molecule has 1 atom stereocenters. The van der Waals surface area contributed by atoms with Crippen LogP contribution >= 0.6 is 0 Å². The van der Waals surface area contributed by atoms with E-state index in [-0.39, 0.29) is 31.1 Å². The molecule has 0 aliphatic heterocycles. The van der Waals surface area contributed by atoms with E-state index in [9.17, 15) is 14.4 Å². The molecule has 0 aromatic rings. The zero-order valence-corrected chi connectivity index (χ0v) is 41.2. The number of allylic oxidation sites excluding steroid dienone is 2. The molecule has 0 unspecified atom stereocenters. The Morgan fingerprint density at radius 1 is 0.311 bits per heavy atom. The molecule has 0 aromatic heterocycles. The quantitative estimate of drug-likeness (QED) is 0.0262. The van der Waals surface area contributed by atoms with Gasteiger partial charge in [-0.25, -0.2) is 0 Å². The van der Waals surface area contributed by atoms with Crippen LogP contribution in [0.1, 0.15) is 303 Å². The van der Waals surface area contributed by atoms with Gasteiger partial charge < -0.3 is 14.2 Å². The van der Waals surface area contributed by atoms with Gasteiger partial charge in [0, 0.05) is 19.3 Å². The summed E-state index contributed by atoms with van der Waals surface area (Å²) in [5.74, 6) is -0.853. The van der Waals surface area contributed by atoms with E-state index in [2.05, 4.69) is 32.9 Å². The number of esters is 3. The minimum atomic E-state index is -0.764. The average Bonchev–Trinajstić information content (AvgIpc) is 3.26. The van der Waals surface area contributed by atoms with Crippen molar-refractivity contribution in [2.45, 2.75) is 309 Å². The van der Waals surface area contributed by atoms with Gasteiger partial charge in [-0.1, -0.05) is 251 Å². The lowest BCUT2D eigenvalue weighted by Crippen LogP contribution is -2.30. The van der Waals surface area contributed by atoms with Crippen molar-refractivity contribution in [2.75, 3.05) is 13.2 Å². The summed E-state index contributed by atoms with van der Waals surface area (Å²) in [6.45, 7) is 6.67. The minimum Gasteiger partial charge on any atom is -0.462 e.